The van der Waals surface area contributed by atoms with E-state index < -0.39 is 15.9 Å². The van der Waals surface area contributed by atoms with Crippen LogP contribution in [0.25, 0.3) is 0 Å². The average molecular weight is 424 g/mol. The second-order valence-electron chi connectivity index (χ2n) is 6.50. The van der Waals surface area contributed by atoms with E-state index in [1.807, 2.05) is 24.3 Å². The van der Waals surface area contributed by atoms with E-state index in [0.29, 0.717) is 18.9 Å². The molecule has 0 spiro atoms. The molecule has 1 aliphatic heterocycles. The zero-order chi connectivity index (χ0) is 20.3. The quantitative estimate of drug-likeness (QED) is 0.799. The summed E-state index contributed by atoms with van der Waals surface area (Å²) < 4.78 is 31.3. The second-order valence-corrected chi connectivity index (χ2v) is 9.03. The van der Waals surface area contributed by atoms with Gasteiger partial charge in [0, 0.05) is 32.7 Å². The molecule has 0 radical (unpaired) electrons. The maximum atomic E-state index is 12.8. The number of anilines is 2. The van der Waals surface area contributed by atoms with Crippen molar-refractivity contribution in [2.75, 3.05) is 50.6 Å². The molecule has 1 saturated heterocycles. The number of nitrogens with zero attached hydrogens (tertiary/aromatic N) is 2. The molecule has 9 heteroatoms. The number of hydrogen-bond donors (Lipinski definition) is 1. The van der Waals surface area contributed by atoms with Crippen LogP contribution in [0.4, 0.5) is 11.4 Å². The van der Waals surface area contributed by atoms with Gasteiger partial charge in [-0.15, -0.1) is 0 Å². The van der Waals surface area contributed by atoms with Crippen LogP contribution in [0.3, 0.4) is 0 Å². The summed E-state index contributed by atoms with van der Waals surface area (Å²) in [4.78, 5) is 14.8. The topological polar surface area (TPSA) is 79.0 Å². The highest BCUT2D eigenvalue weighted by Crippen LogP contribution is 2.28. The number of halogens is 1. The van der Waals surface area contributed by atoms with Gasteiger partial charge in [-0.05, 0) is 30.3 Å². The maximum Gasteiger partial charge on any atom is 0.255 e. The number of para-hydroxylation sites is 2. The normalized spacial score (nSPS) is 14.9. The van der Waals surface area contributed by atoms with Crippen LogP contribution in [0.1, 0.15) is 10.4 Å². The van der Waals surface area contributed by atoms with Crippen LogP contribution in [0, 0.1) is 0 Å². The molecule has 2 aromatic carbocycles. The molecule has 0 saturated carbocycles. The van der Waals surface area contributed by atoms with E-state index in [4.69, 9.17) is 16.3 Å². The third-order valence-corrected chi connectivity index (χ3v) is 6.75. The molecular formula is C19H22ClN3O4S. The fourth-order valence-electron chi connectivity index (χ4n) is 2.89. The predicted molar refractivity (Wildman–Crippen MR) is 110 cm³/mol. The van der Waals surface area contributed by atoms with Gasteiger partial charge >= 0.3 is 0 Å². The van der Waals surface area contributed by atoms with E-state index >= 15 is 0 Å². The number of ether oxygens (including phenoxy) is 1. The van der Waals surface area contributed by atoms with Crippen molar-refractivity contribution in [3.63, 3.8) is 0 Å². The minimum Gasteiger partial charge on any atom is -0.378 e. The van der Waals surface area contributed by atoms with Crippen molar-refractivity contribution in [2.45, 2.75) is 4.90 Å². The summed E-state index contributed by atoms with van der Waals surface area (Å²) >= 11 is 6.06. The number of carbonyl (C=O) groups excluding carboxylic acids is 1. The Labute approximate surface area is 169 Å². The molecule has 0 atom stereocenters. The number of sulfonamides is 1. The molecule has 1 heterocycles. The first-order valence-corrected chi connectivity index (χ1v) is 10.6. The Morgan fingerprint density at radius 2 is 1.82 bits per heavy atom. The van der Waals surface area contributed by atoms with Crippen molar-refractivity contribution in [1.82, 2.24) is 4.31 Å². The van der Waals surface area contributed by atoms with Gasteiger partial charge in [-0.3, -0.25) is 4.79 Å². The zero-order valence-corrected chi connectivity index (χ0v) is 17.3. The lowest BCUT2D eigenvalue weighted by atomic mass is 10.2. The molecule has 3 rings (SSSR count). The Morgan fingerprint density at radius 1 is 1.14 bits per heavy atom. The van der Waals surface area contributed by atoms with Crippen LogP contribution >= 0.6 is 11.6 Å². The van der Waals surface area contributed by atoms with Crippen LogP contribution in [-0.2, 0) is 14.8 Å². The van der Waals surface area contributed by atoms with Crippen molar-refractivity contribution in [1.29, 1.82) is 0 Å². The van der Waals surface area contributed by atoms with E-state index in [1.54, 1.807) is 0 Å². The van der Waals surface area contributed by atoms with E-state index in [0.717, 1.165) is 23.1 Å². The Kier molecular flexibility index (Phi) is 6.24. The highest BCUT2D eigenvalue weighted by atomic mass is 35.5. The average Bonchev–Trinajstić information content (AvgIpc) is 2.69. The summed E-state index contributed by atoms with van der Waals surface area (Å²) in [6.45, 7) is 2.73. The number of morpholine rings is 1. The lowest BCUT2D eigenvalue weighted by molar-refractivity contribution is 0.102. The van der Waals surface area contributed by atoms with Crippen LogP contribution in [-0.4, -0.2) is 59.0 Å². The lowest BCUT2D eigenvalue weighted by Gasteiger charge is -2.30. The summed E-state index contributed by atoms with van der Waals surface area (Å²) in [5, 5.41) is 2.95. The van der Waals surface area contributed by atoms with Gasteiger partial charge in [0.1, 0.15) is 4.90 Å². The molecule has 150 valence electrons. The molecule has 0 bridgehead atoms. The zero-order valence-electron chi connectivity index (χ0n) is 15.7. The van der Waals surface area contributed by atoms with Crippen LogP contribution in [0.15, 0.2) is 47.4 Å². The number of benzene rings is 2. The lowest BCUT2D eigenvalue weighted by Crippen LogP contribution is -2.36. The second kappa shape index (κ2) is 8.48. The molecule has 2 aromatic rings. The van der Waals surface area contributed by atoms with Gasteiger partial charge in [-0.2, -0.15) is 0 Å². The third kappa shape index (κ3) is 4.30. The number of carbonyl (C=O) groups is 1. The summed E-state index contributed by atoms with van der Waals surface area (Å²) in [5.74, 6) is -0.410. The summed E-state index contributed by atoms with van der Waals surface area (Å²) in [6.07, 6.45) is 0. The third-order valence-electron chi connectivity index (χ3n) is 4.46. The van der Waals surface area contributed by atoms with Crippen molar-refractivity contribution in [3.05, 3.63) is 53.1 Å². The van der Waals surface area contributed by atoms with Crippen LogP contribution < -0.4 is 10.2 Å². The highest BCUT2D eigenvalue weighted by molar-refractivity contribution is 7.89. The number of hydrogen-bond acceptors (Lipinski definition) is 5. The molecule has 1 aliphatic rings. The van der Waals surface area contributed by atoms with Crippen LogP contribution in [0.5, 0.6) is 0 Å². The Bertz CT molecular complexity index is 973. The Morgan fingerprint density at radius 3 is 2.50 bits per heavy atom. The van der Waals surface area contributed by atoms with Gasteiger partial charge in [-0.25, -0.2) is 12.7 Å². The molecule has 1 N–H and O–H groups in total. The van der Waals surface area contributed by atoms with Crippen molar-refractivity contribution >= 4 is 38.9 Å². The van der Waals surface area contributed by atoms with Gasteiger partial charge in [0.2, 0.25) is 10.0 Å². The van der Waals surface area contributed by atoms with Crippen LogP contribution in [0.2, 0.25) is 5.02 Å². The Hall–Kier alpha value is -2.13. The van der Waals surface area contributed by atoms with E-state index in [9.17, 15) is 13.2 Å². The maximum absolute atomic E-state index is 12.8. The first-order valence-electron chi connectivity index (χ1n) is 8.76. The molecule has 28 heavy (non-hydrogen) atoms. The number of nitrogens with one attached hydrogen (secondary N) is 1. The van der Waals surface area contributed by atoms with Crippen molar-refractivity contribution in [3.8, 4) is 0 Å². The smallest absolute Gasteiger partial charge is 0.255 e. The van der Waals surface area contributed by atoms with E-state index in [-0.39, 0.29) is 15.5 Å². The molecular weight excluding hydrogens is 402 g/mol. The van der Waals surface area contributed by atoms with Gasteiger partial charge in [0.25, 0.3) is 5.91 Å². The monoisotopic (exact) mass is 423 g/mol. The number of rotatable bonds is 5. The number of amides is 1. The molecule has 0 unspecified atom stereocenters. The summed E-state index contributed by atoms with van der Waals surface area (Å²) in [6, 6.07) is 11.7. The molecule has 7 nitrogen and oxygen atoms in total. The molecule has 1 amide bonds. The molecule has 1 fully saturated rings. The largest absolute Gasteiger partial charge is 0.378 e. The standard InChI is InChI=1S/C19H22ClN3O4S/c1-22(2)28(25,26)18-13-14(7-8-15(18)20)19(24)21-16-5-3-4-6-17(16)23-9-11-27-12-10-23/h3-8,13H,9-12H2,1-2H3,(H,21,24). The molecule has 0 aliphatic carbocycles. The SMILES string of the molecule is CN(C)S(=O)(=O)c1cc(C(=O)Nc2ccccc2N2CCOCC2)ccc1Cl. The van der Waals surface area contributed by atoms with Crippen molar-refractivity contribution < 1.29 is 17.9 Å². The van der Waals surface area contributed by atoms with Gasteiger partial charge < -0.3 is 15.0 Å². The van der Waals surface area contributed by atoms with Gasteiger partial charge in [0.05, 0.1) is 29.6 Å². The fourth-order valence-corrected chi connectivity index (χ4v) is 4.29. The first kappa shape index (κ1) is 20.6. The Balaban J connectivity index is 1.89. The molecule has 0 aromatic heterocycles. The van der Waals surface area contributed by atoms with E-state index in [1.165, 1.54) is 32.3 Å². The summed E-state index contributed by atoms with van der Waals surface area (Å²) in [5.41, 5.74) is 1.76. The minimum atomic E-state index is -3.76. The van der Waals surface area contributed by atoms with Gasteiger partial charge in [0.15, 0.2) is 0 Å². The fraction of sp³-hybridized carbons (Fsp3) is 0.316. The predicted octanol–water partition coefficient (Wildman–Crippen LogP) is 2.68. The summed E-state index contributed by atoms with van der Waals surface area (Å²) in [7, 11) is -0.935. The first-order chi connectivity index (χ1) is 13.3. The highest BCUT2D eigenvalue weighted by Gasteiger charge is 2.23. The van der Waals surface area contributed by atoms with E-state index in [2.05, 4.69) is 10.2 Å². The van der Waals surface area contributed by atoms with Crippen molar-refractivity contribution in [2.24, 2.45) is 0 Å². The minimum absolute atomic E-state index is 0.0685. The van der Waals surface area contributed by atoms with Gasteiger partial charge in [-0.1, -0.05) is 23.7 Å².